The van der Waals surface area contributed by atoms with E-state index in [1.807, 2.05) is 38.1 Å². The molecule has 214 valence electrons. The van der Waals surface area contributed by atoms with Gasteiger partial charge in [0, 0.05) is 22.1 Å². The van der Waals surface area contributed by atoms with E-state index < -0.39 is 28.5 Å². The molecule has 3 aromatic carbocycles. The van der Waals surface area contributed by atoms with E-state index in [9.17, 15) is 18.0 Å². The Kier molecular flexibility index (Phi) is 11.0. The van der Waals surface area contributed by atoms with Crippen molar-refractivity contribution in [1.29, 1.82) is 0 Å². The first-order valence-electron chi connectivity index (χ1n) is 12.7. The minimum absolute atomic E-state index is 0.0157. The van der Waals surface area contributed by atoms with Gasteiger partial charge in [0.25, 0.3) is 10.0 Å². The third-order valence-corrected chi connectivity index (χ3v) is 9.04. The maximum absolute atomic E-state index is 13.9. The number of sulfonamides is 1. The number of benzene rings is 3. The summed E-state index contributed by atoms with van der Waals surface area (Å²) in [5, 5.41) is 3.34. The van der Waals surface area contributed by atoms with Crippen LogP contribution in [0.2, 0.25) is 5.02 Å². The van der Waals surface area contributed by atoms with Gasteiger partial charge in [-0.25, -0.2) is 8.42 Å². The van der Waals surface area contributed by atoms with Crippen molar-refractivity contribution in [2.75, 3.05) is 18.0 Å². The fourth-order valence-corrected chi connectivity index (χ4v) is 5.65. The first-order chi connectivity index (χ1) is 19.0. The van der Waals surface area contributed by atoms with Gasteiger partial charge in [0.1, 0.15) is 18.3 Å². The molecular formula is C29H33BrClN3O5S. The smallest absolute Gasteiger partial charge is 0.264 e. The average Bonchev–Trinajstić information content (AvgIpc) is 2.95. The Morgan fingerprint density at radius 1 is 0.975 bits per heavy atom. The van der Waals surface area contributed by atoms with Gasteiger partial charge in [-0.2, -0.15) is 0 Å². The van der Waals surface area contributed by atoms with Crippen molar-refractivity contribution in [3.63, 3.8) is 0 Å². The lowest BCUT2D eigenvalue weighted by Crippen LogP contribution is -2.52. The number of hydrogen-bond donors (Lipinski definition) is 1. The van der Waals surface area contributed by atoms with E-state index in [1.54, 1.807) is 19.1 Å². The molecule has 0 saturated carbocycles. The van der Waals surface area contributed by atoms with Gasteiger partial charge in [-0.1, -0.05) is 46.6 Å². The predicted octanol–water partition coefficient (Wildman–Crippen LogP) is 5.64. The van der Waals surface area contributed by atoms with Crippen LogP contribution in [0.1, 0.15) is 32.8 Å². The van der Waals surface area contributed by atoms with E-state index in [1.165, 1.54) is 48.4 Å². The van der Waals surface area contributed by atoms with Gasteiger partial charge in [0.2, 0.25) is 11.8 Å². The summed E-state index contributed by atoms with van der Waals surface area (Å²) in [6.07, 6.45) is 0.726. The van der Waals surface area contributed by atoms with Crippen LogP contribution in [0.5, 0.6) is 5.75 Å². The number of methoxy groups -OCH3 is 1. The first kappa shape index (κ1) is 31.4. The molecule has 0 fully saturated rings. The van der Waals surface area contributed by atoms with E-state index >= 15 is 0 Å². The molecule has 2 amide bonds. The van der Waals surface area contributed by atoms with Crippen LogP contribution in [0.3, 0.4) is 0 Å². The van der Waals surface area contributed by atoms with E-state index in [2.05, 4.69) is 21.2 Å². The number of ether oxygens (including phenoxy) is 1. The lowest BCUT2D eigenvalue weighted by molar-refractivity contribution is -0.139. The van der Waals surface area contributed by atoms with E-state index in [0.717, 1.165) is 20.8 Å². The molecule has 8 nitrogen and oxygen atoms in total. The molecule has 0 heterocycles. The Morgan fingerprint density at radius 3 is 2.12 bits per heavy atom. The molecular weight excluding hydrogens is 618 g/mol. The Hall–Kier alpha value is -3.08. The number of anilines is 1. The Bertz CT molecular complexity index is 1400. The van der Waals surface area contributed by atoms with E-state index in [-0.39, 0.29) is 29.1 Å². The Labute approximate surface area is 249 Å². The Balaban J connectivity index is 2.01. The first-order valence-corrected chi connectivity index (χ1v) is 15.3. The van der Waals surface area contributed by atoms with Crippen LogP contribution >= 0.6 is 27.5 Å². The second kappa shape index (κ2) is 14.0. The summed E-state index contributed by atoms with van der Waals surface area (Å²) in [6, 6.07) is 18.5. The summed E-state index contributed by atoms with van der Waals surface area (Å²) in [4.78, 5) is 28.4. The molecule has 0 aliphatic carbocycles. The van der Waals surface area contributed by atoms with Crippen LogP contribution in [0.15, 0.2) is 82.2 Å². The van der Waals surface area contributed by atoms with Crippen LogP contribution in [-0.2, 0) is 26.2 Å². The lowest BCUT2D eigenvalue weighted by atomic mass is 10.1. The minimum Gasteiger partial charge on any atom is -0.497 e. The summed E-state index contributed by atoms with van der Waals surface area (Å²) in [5.41, 5.74) is 1.05. The molecule has 2 atom stereocenters. The van der Waals surface area contributed by atoms with Gasteiger partial charge >= 0.3 is 0 Å². The van der Waals surface area contributed by atoms with Gasteiger partial charge < -0.3 is 15.0 Å². The number of amides is 2. The second-order valence-corrected chi connectivity index (χ2v) is 12.5. The number of rotatable bonds is 12. The molecule has 1 N–H and O–H groups in total. The number of nitrogens with zero attached hydrogens (tertiary/aromatic N) is 2. The SMILES string of the molecule is CCC(C)NC(=O)C(C)N(Cc1ccc(Br)cc1)C(=O)CN(c1ccc(Cl)cc1)S(=O)(=O)c1ccc(OC)cc1. The minimum atomic E-state index is -4.19. The van der Waals surface area contributed by atoms with Crippen LogP contribution in [0, 0.1) is 0 Å². The fraction of sp³-hybridized carbons (Fsp3) is 0.310. The molecule has 0 saturated heterocycles. The maximum Gasteiger partial charge on any atom is 0.264 e. The van der Waals surface area contributed by atoms with Crippen molar-refractivity contribution in [3.05, 3.63) is 87.9 Å². The second-order valence-electron chi connectivity index (χ2n) is 9.31. The highest BCUT2D eigenvalue weighted by atomic mass is 79.9. The fourth-order valence-electron chi connectivity index (χ4n) is 3.85. The summed E-state index contributed by atoms with van der Waals surface area (Å²) in [6.45, 7) is 5.05. The molecule has 40 heavy (non-hydrogen) atoms. The molecule has 11 heteroatoms. The zero-order chi connectivity index (χ0) is 29.4. The van der Waals surface area contributed by atoms with Crippen molar-refractivity contribution < 1.29 is 22.7 Å². The molecule has 0 aliphatic heterocycles. The summed E-state index contributed by atoms with van der Waals surface area (Å²) >= 11 is 9.47. The highest BCUT2D eigenvalue weighted by Gasteiger charge is 2.32. The average molecular weight is 651 g/mol. The van der Waals surface area contributed by atoms with Crippen LogP contribution < -0.4 is 14.4 Å². The Morgan fingerprint density at radius 2 is 1.57 bits per heavy atom. The van der Waals surface area contributed by atoms with Crippen molar-refractivity contribution in [3.8, 4) is 5.75 Å². The number of hydrogen-bond acceptors (Lipinski definition) is 5. The van der Waals surface area contributed by atoms with Gasteiger partial charge in [0.15, 0.2) is 0 Å². The third kappa shape index (κ3) is 7.99. The number of carbonyl (C=O) groups is 2. The molecule has 3 rings (SSSR count). The number of nitrogens with one attached hydrogen (secondary N) is 1. The molecule has 3 aromatic rings. The van der Waals surface area contributed by atoms with Crippen molar-refractivity contribution in [2.24, 2.45) is 0 Å². The zero-order valence-corrected chi connectivity index (χ0v) is 26.0. The topological polar surface area (TPSA) is 96.0 Å². The monoisotopic (exact) mass is 649 g/mol. The normalized spacial score (nSPS) is 12.8. The highest BCUT2D eigenvalue weighted by molar-refractivity contribution is 9.10. The standard InChI is InChI=1S/C29H33BrClN3O5S/c1-5-20(2)32-29(36)21(3)33(18-22-6-8-23(30)9-7-22)28(35)19-34(25-12-10-24(31)11-13-25)40(37,38)27-16-14-26(39-4)15-17-27/h6-17,20-21H,5,18-19H2,1-4H3,(H,32,36). The molecule has 0 bridgehead atoms. The molecule has 0 aliphatic rings. The zero-order valence-electron chi connectivity index (χ0n) is 22.8. The third-order valence-electron chi connectivity index (χ3n) is 6.48. The molecule has 2 unspecified atom stereocenters. The van der Waals surface area contributed by atoms with Gasteiger partial charge in [0.05, 0.1) is 17.7 Å². The quantitative estimate of drug-likeness (QED) is 0.274. The van der Waals surface area contributed by atoms with Crippen molar-refractivity contribution >= 4 is 55.1 Å². The lowest BCUT2D eigenvalue weighted by Gasteiger charge is -2.32. The van der Waals surface area contributed by atoms with Gasteiger partial charge in [-0.15, -0.1) is 0 Å². The summed E-state index contributed by atoms with van der Waals surface area (Å²) in [5.74, 6) is -0.368. The predicted molar refractivity (Wildman–Crippen MR) is 161 cm³/mol. The van der Waals surface area contributed by atoms with Gasteiger partial charge in [-0.05, 0) is 86.5 Å². The van der Waals surface area contributed by atoms with Crippen LogP contribution in [-0.4, -0.2) is 50.9 Å². The molecule has 0 radical (unpaired) electrons. The largest absolute Gasteiger partial charge is 0.497 e. The van der Waals surface area contributed by atoms with Crippen molar-refractivity contribution in [2.45, 2.75) is 50.7 Å². The summed E-state index contributed by atoms with van der Waals surface area (Å²) in [7, 11) is -2.70. The number of halogens is 2. The van der Waals surface area contributed by atoms with E-state index in [4.69, 9.17) is 16.3 Å². The van der Waals surface area contributed by atoms with Crippen LogP contribution in [0.4, 0.5) is 5.69 Å². The van der Waals surface area contributed by atoms with E-state index in [0.29, 0.717) is 10.8 Å². The maximum atomic E-state index is 13.9. The number of carbonyl (C=O) groups excluding carboxylic acids is 2. The molecule has 0 spiro atoms. The van der Waals surface area contributed by atoms with Crippen LogP contribution in [0.25, 0.3) is 0 Å². The van der Waals surface area contributed by atoms with Gasteiger partial charge in [-0.3, -0.25) is 13.9 Å². The summed E-state index contributed by atoms with van der Waals surface area (Å²) < 4.78 is 34.8. The highest BCUT2D eigenvalue weighted by Crippen LogP contribution is 2.27. The molecule has 0 aromatic heterocycles. The van der Waals surface area contributed by atoms with Crippen molar-refractivity contribution in [1.82, 2.24) is 10.2 Å².